The minimum absolute atomic E-state index is 0.0777. The zero-order chi connectivity index (χ0) is 13.0. The van der Waals surface area contributed by atoms with E-state index in [1.54, 1.807) is 12.3 Å². The van der Waals surface area contributed by atoms with Crippen LogP contribution in [-0.4, -0.2) is 29.1 Å². The van der Waals surface area contributed by atoms with Crippen LogP contribution in [0.1, 0.15) is 35.3 Å². The zero-order valence-electron chi connectivity index (χ0n) is 10.7. The summed E-state index contributed by atoms with van der Waals surface area (Å²) in [6.07, 6.45) is 4.92. The highest BCUT2D eigenvalue weighted by molar-refractivity contribution is 5.93. The molecule has 1 heterocycles. The zero-order valence-corrected chi connectivity index (χ0v) is 10.7. The Balaban J connectivity index is 1.86. The number of rotatable bonds is 4. The van der Waals surface area contributed by atoms with E-state index in [9.17, 15) is 9.90 Å². The average molecular weight is 248 g/mol. The molecule has 2 atom stereocenters. The van der Waals surface area contributed by atoms with Gasteiger partial charge in [0.05, 0.1) is 5.56 Å². The van der Waals surface area contributed by atoms with Crippen molar-refractivity contribution in [3.05, 3.63) is 29.6 Å². The first-order valence-corrected chi connectivity index (χ1v) is 6.52. The molecule has 1 fully saturated rings. The summed E-state index contributed by atoms with van der Waals surface area (Å²) in [5.41, 5.74) is 1.50. The second-order valence-electron chi connectivity index (χ2n) is 5.03. The van der Waals surface area contributed by atoms with Crippen LogP contribution in [0.2, 0.25) is 0 Å². The highest BCUT2D eigenvalue weighted by Gasteiger charge is 2.26. The predicted molar refractivity (Wildman–Crippen MR) is 69.2 cm³/mol. The number of nitrogens with one attached hydrogen (secondary N) is 1. The van der Waals surface area contributed by atoms with Crippen molar-refractivity contribution in [1.29, 1.82) is 0 Å². The van der Waals surface area contributed by atoms with Crippen molar-refractivity contribution in [2.75, 3.05) is 13.2 Å². The Bertz CT molecular complexity index is 403. The molecule has 1 aliphatic rings. The summed E-state index contributed by atoms with van der Waals surface area (Å²) in [6.45, 7) is 2.77. The van der Waals surface area contributed by atoms with Crippen molar-refractivity contribution >= 4 is 5.91 Å². The molecular weight excluding hydrogens is 228 g/mol. The Labute approximate surface area is 107 Å². The van der Waals surface area contributed by atoms with Crippen molar-refractivity contribution in [3.63, 3.8) is 0 Å². The molecule has 1 saturated carbocycles. The van der Waals surface area contributed by atoms with Gasteiger partial charge in [0, 0.05) is 25.0 Å². The number of aliphatic hydroxyl groups excluding tert-OH is 1. The Hall–Kier alpha value is -1.42. The molecule has 4 nitrogen and oxygen atoms in total. The van der Waals surface area contributed by atoms with Crippen LogP contribution < -0.4 is 5.32 Å². The lowest BCUT2D eigenvalue weighted by atomic mass is 9.97. The van der Waals surface area contributed by atoms with E-state index in [0.717, 1.165) is 25.0 Å². The molecule has 0 aromatic carbocycles. The van der Waals surface area contributed by atoms with Crippen LogP contribution in [0.3, 0.4) is 0 Å². The van der Waals surface area contributed by atoms with E-state index in [-0.39, 0.29) is 12.5 Å². The van der Waals surface area contributed by atoms with Gasteiger partial charge in [-0.05, 0) is 43.7 Å². The van der Waals surface area contributed by atoms with Gasteiger partial charge in [0.25, 0.3) is 5.91 Å². The molecular formula is C14H20N2O2. The summed E-state index contributed by atoms with van der Waals surface area (Å²) in [5, 5.41) is 12.2. The minimum atomic E-state index is -0.0777. The van der Waals surface area contributed by atoms with Gasteiger partial charge in [-0.2, -0.15) is 0 Å². The van der Waals surface area contributed by atoms with Gasteiger partial charge < -0.3 is 10.4 Å². The van der Waals surface area contributed by atoms with Gasteiger partial charge in [-0.3, -0.25) is 9.78 Å². The number of pyridine rings is 1. The van der Waals surface area contributed by atoms with Gasteiger partial charge in [0.15, 0.2) is 0 Å². The molecule has 1 amide bonds. The number of aryl methyl sites for hydroxylation is 1. The summed E-state index contributed by atoms with van der Waals surface area (Å²) in [4.78, 5) is 16.0. The molecule has 2 unspecified atom stereocenters. The fourth-order valence-electron chi connectivity index (χ4n) is 2.55. The molecule has 1 aromatic heterocycles. The molecule has 0 spiro atoms. The van der Waals surface area contributed by atoms with Crippen molar-refractivity contribution in [2.24, 2.45) is 11.8 Å². The van der Waals surface area contributed by atoms with Gasteiger partial charge in [0.2, 0.25) is 0 Å². The van der Waals surface area contributed by atoms with Crippen LogP contribution in [0.5, 0.6) is 0 Å². The van der Waals surface area contributed by atoms with E-state index in [4.69, 9.17) is 0 Å². The molecule has 4 heteroatoms. The lowest BCUT2D eigenvalue weighted by molar-refractivity contribution is 0.0937. The minimum Gasteiger partial charge on any atom is -0.396 e. The van der Waals surface area contributed by atoms with Crippen molar-refractivity contribution in [3.8, 4) is 0 Å². The third-order valence-corrected chi connectivity index (χ3v) is 3.75. The topological polar surface area (TPSA) is 62.2 Å². The Kier molecular flexibility index (Phi) is 4.31. The second kappa shape index (κ2) is 5.96. The summed E-state index contributed by atoms with van der Waals surface area (Å²) in [7, 11) is 0. The summed E-state index contributed by atoms with van der Waals surface area (Å²) in [5.74, 6) is 0.685. The number of nitrogens with zero attached hydrogens (tertiary/aromatic N) is 1. The number of carbonyl (C=O) groups is 1. The van der Waals surface area contributed by atoms with E-state index in [1.807, 2.05) is 13.0 Å². The third-order valence-electron chi connectivity index (χ3n) is 3.75. The Morgan fingerprint density at radius 1 is 1.44 bits per heavy atom. The number of amides is 1. The summed E-state index contributed by atoms with van der Waals surface area (Å²) >= 11 is 0. The lowest BCUT2D eigenvalue weighted by Gasteiger charge is -2.17. The lowest BCUT2D eigenvalue weighted by Crippen LogP contribution is -2.31. The number of hydrogen-bond acceptors (Lipinski definition) is 3. The number of aromatic nitrogens is 1. The first-order chi connectivity index (χ1) is 8.70. The third kappa shape index (κ3) is 3.07. The van der Waals surface area contributed by atoms with Gasteiger partial charge >= 0.3 is 0 Å². The van der Waals surface area contributed by atoms with E-state index < -0.39 is 0 Å². The van der Waals surface area contributed by atoms with Crippen LogP contribution in [0.15, 0.2) is 18.3 Å². The van der Waals surface area contributed by atoms with Crippen LogP contribution >= 0.6 is 0 Å². The van der Waals surface area contributed by atoms with Crippen molar-refractivity contribution in [2.45, 2.75) is 26.2 Å². The van der Waals surface area contributed by atoms with E-state index in [2.05, 4.69) is 10.3 Å². The smallest absolute Gasteiger partial charge is 0.252 e. The van der Waals surface area contributed by atoms with Crippen LogP contribution in [-0.2, 0) is 0 Å². The van der Waals surface area contributed by atoms with E-state index in [0.29, 0.717) is 23.9 Å². The standard InChI is InChI=1S/C14H20N2O2/c1-10-5-6-12(8-15-10)14(18)16-7-11-3-2-4-13(11)9-17/h5-6,8,11,13,17H,2-4,7,9H2,1H3,(H,16,18). The fourth-order valence-corrected chi connectivity index (χ4v) is 2.55. The monoisotopic (exact) mass is 248 g/mol. The summed E-state index contributed by atoms with van der Waals surface area (Å²) in [6, 6.07) is 3.62. The molecule has 18 heavy (non-hydrogen) atoms. The van der Waals surface area contributed by atoms with Gasteiger partial charge in [0.1, 0.15) is 0 Å². The molecule has 98 valence electrons. The molecule has 2 rings (SSSR count). The van der Waals surface area contributed by atoms with Crippen LogP contribution in [0.4, 0.5) is 0 Å². The molecule has 2 N–H and O–H groups in total. The first kappa shape index (κ1) is 13.0. The predicted octanol–water partition coefficient (Wildman–Crippen LogP) is 1.53. The van der Waals surface area contributed by atoms with E-state index in [1.165, 1.54) is 0 Å². The average Bonchev–Trinajstić information content (AvgIpc) is 2.84. The highest BCUT2D eigenvalue weighted by Crippen LogP contribution is 2.30. The maximum atomic E-state index is 11.9. The SMILES string of the molecule is Cc1ccc(C(=O)NCC2CCCC2CO)cn1. The largest absolute Gasteiger partial charge is 0.396 e. The summed E-state index contributed by atoms with van der Waals surface area (Å²) < 4.78 is 0. The van der Waals surface area contributed by atoms with Gasteiger partial charge in [-0.15, -0.1) is 0 Å². The van der Waals surface area contributed by atoms with Gasteiger partial charge in [-0.1, -0.05) is 6.42 Å². The second-order valence-corrected chi connectivity index (χ2v) is 5.03. The Morgan fingerprint density at radius 3 is 2.89 bits per heavy atom. The van der Waals surface area contributed by atoms with Gasteiger partial charge in [-0.25, -0.2) is 0 Å². The fraction of sp³-hybridized carbons (Fsp3) is 0.571. The quantitative estimate of drug-likeness (QED) is 0.849. The maximum absolute atomic E-state index is 11.9. The number of carbonyl (C=O) groups excluding carboxylic acids is 1. The molecule has 0 bridgehead atoms. The van der Waals surface area contributed by atoms with Crippen molar-refractivity contribution in [1.82, 2.24) is 10.3 Å². The molecule has 0 aliphatic heterocycles. The number of hydrogen-bond donors (Lipinski definition) is 2. The Morgan fingerprint density at radius 2 is 2.22 bits per heavy atom. The molecule has 0 saturated heterocycles. The normalized spacial score (nSPS) is 23.0. The van der Waals surface area contributed by atoms with Crippen molar-refractivity contribution < 1.29 is 9.90 Å². The first-order valence-electron chi connectivity index (χ1n) is 6.52. The van der Waals surface area contributed by atoms with Crippen LogP contribution in [0, 0.1) is 18.8 Å². The van der Waals surface area contributed by atoms with E-state index >= 15 is 0 Å². The highest BCUT2D eigenvalue weighted by atomic mass is 16.3. The maximum Gasteiger partial charge on any atom is 0.252 e. The molecule has 1 aliphatic carbocycles. The number of aliphatic hydroxyl groups is 1. The molecule has 1 aromatic rings. The molecule has 0 radical (unpaired) electrons. The van der Waals surface area contributed by atoms with Crippen LogP contribution in [0.25, 0.3) is 0 Å².